The van der Waals surface area contributed by atoms with E-state index >= 15 is 0 Å². The van der Waals surface area contributed by atoms with Gasteiger partial charge < -0.3 is 10.0 Å². The second-order valence-electron chi connectivity index (χ2n) is 6.58. The summed E-state index contributed by atoms with van der Waals surface area (Å²) in [5, 5.41) is 9.53. The maximum absolute atomic E-state index is 12.6. The molecule has 0 radical (unpaired) electrons. The van der Waals surface area contributed by atoms with Crippen molar-refractivity contribution in [3.05, 3.63) is 0 Å². The standard InChI is InChI=1S/C15H25NO3/c1-4-14(6-5-7-14)12(17)16-9-8-15(10-16,11(2)3)13(18)19/h11H,4-10H2,1-3H3,(H,18,19). The van der Waals surface area contributed by atoms with Crippen LogP contribution in [-0.4, -0.2) is 35.0 Å². The number of nitrogens with zero attached hydrogens (tertiary/aromatic N) is 1. The van der Waals surface area contributed by atoms with Gasteiger partial charge in [-0.3, -0.25) is 9.59 Å². The Morgan fingerprint density at radius 1 is 1.26 bits per heavy atom. The molecule has 1 amide bonds. The molecular formula is C15H25NO3. The Hall–Kier alpha value is -1.06. The Bertz CT molecular complexity index is 381. The summed E-state index contributed by atoms with van der Waals surface area (Å²) >= 11 is 0. The van der Waals surface area contributed by atoms with E-state index in [1.807, 2.05) is 18.7 Å². The Kier molecular flexibility index (Phi) is 3.63. The van der Waals surface area contributed by atoms with Gasteiger partial charge in [-0.1, -0.05) is 27.2 Å². The zero-order valence-corrected chi connectivity index (χ0v) is 12.2. The van der Waals surface area contributed by atoms with Crippen molar-refractivity contribution < 1.29 is 14.7 Å². The molecule has 1 unspecified atom stereocenters. The molecule has 2 fully saturated rings. The molecule has 108 valence electrons. The van der Waals surface area contributed by atoms with Crippen LogP contribution in [0, 0.1) is 16.7 Å². The first-order chi connectivity index (χ1) is 8.88. The molecule has 0 aromatic carbocycles. The number of likely N-dealkylation sites (tertiary alicyclic amines) is 1. The number of carbonyl (C=O) groups is 2. The smallest absolute Gasteiger partial charge is 0.311 e. The molecule has 4 nitrogen and oxygen atoms in total. The Morgan fingerprint density at radius 2 is 1.89 bits per heavy atom. The summed E-state index contributed by atoms with van der Waals surface area (Å²) < 4.78 is 0. The Labute approximate surface area is 115 Å². The van der Waals surface area contributed by atoms with Gasteiger partial charge in [0.15, 0.2) is 0 Å². The molecule has 1 atom stereocenters. The van der Waals surface area contributed by atoms with Gasteiger partial charge in [0.1, 0.15) is 0 Å². The van der Waals surface area contributed by atoms with Gasteiger partial charge in [0.2, 0.25) is 5.91 Å². The predicted molar refractivity (Wildman–Crippen MR) is 72.7 cm³/mol. The highest BCUT2D eigenvalue weighted by Gasteiger charge is 2.52. The van der Waals surface area contributed by atoms with Crippen molar-refractivity contribution in [3.8, 4) is 0 Å². The molecule has 4 heteroatoms. The third-order valence-electron chi connectivity index (χ3n) is 5.56. The maximum atomic E-state index is 12.6. The SMILES string of the molecule is CCC1(C(=O)N2CCC(C(=O)O)(C(C)C)C2)CCC1. The summed E-state index contributed by atoms with van der Waals surface area (Å²) in [5.74, 6) is -0.497. The molecule has 1 aliphatic heterocycles. The topological polar surface area (TPSA) is 57.6 Å². The number of hydrogen-bond acceptors (Lipinski definition) is 2. The van der Waals surface area contributed by atoms with Gasteiger partial charge in [-0.05, 0) is 31.6 Å². The molecule has 1 N–H and O–H groups in total. The van der Waals surface area contributed by atoms with Gasteiger partial charge in [-0.15, -0.1) is 0 Å². The largest absolute Gasteiger partial charge is 0.481 e. The fourth-order valence-corrected chi connectivity index (χ4v) is 3.56. The minimum atomic E-state index is -0.753. The fraction of sp³-hybridized carbons (Fsp3) is 0.867. The zero-order valence-electron chi connectivity index (χ0n) is 12.2. The van der Waals surface area contributed by atoms with E-state index in [1.165, 1.54) is 0 Å². The highest BCUT2D eigenvalue weighted by molar-refractivity contribution is 5.85. The molecule has 0 aromatic rings. The van der Waals surface area contributed by atoms with E-state index in [-0.39, 0.29) is 17.2 Å². The number of amides is 1. The number of aliphatic carboxylic acids is 1. The average molecular weight is 267 g/mol. The van der Waals surface area contributed by atoms with Crippen LogP contribution in [0.5, 0.6) is 0 Å². The van der Waals surface area contributed by atoms with Crippen molar-refractivity contribution in [3.63, 3.8) is 0 Å². The molecule has 1 saturated heterocycles. The summed E-state index contributed by atoms with van der Waals surface area (Å²) in [4.78, 5) is 26.1. The quantitative estimate of drug-likeness (QED) is 0.851. The number of rotatable bonds is 4. The molecule has 0 spiro atoms. The van der Waals surface area contributed by atoms with Gasteiger partial charge in [0.05, 0.1) is 5.41 Å². The molecule has 1 heterocycles. The van der Waals surface area contributed by atoms with Crippen molar-refractivity contribution in [1.29, 1.82) is 0 Å². The number of carboxylic acid groups (broad SMARTS) is 1. The predicted octanol–water partition coefficient (Wildman–Crippen LogP) is 2.53. The Morgan fingerprint density at radius 3 is 2.21 bits per heavy atom. The van der Waals surface area contributed by atoms with Gasteiger partial charge in [-0.25, -0.2) is 0 Å². The highest BCUT2D eigenvalue weighted by atomic mass is 16.4. The lowest BCUT2D eigenvalue weighted by atomic mass is 9.66. The molecule has 2 rings (SSSR count). The van der Waals surface area contributed by atoms with Gasteiger partial charge in [0, 0.05) is 18.5 Å². The third-order valence-corrected chi connectivity index (χ3v) is 5.56. The van der Waals surface area contributed by atoms with E-state index in [1.54, 1.807) is 0 Å². The number of hydrogen-bond donors (Lipinski definition) is 1. The average Bonchev–Trinajstić information content (AvgIpc) is 2.74. The Balaban J connectivity index is 2.13. The van der Waals surface area contributed by atoms with Crippen LogP contribution in [0.1, 0.15) is 52.9 Å². The van der Waals surface area contributed by atoms with E-state index in [9.17, 15) is 14.7 Å². The first-order valence-corrected chi connectivity index (χ1v) is 7.41. The monoisotopic (exact) mass is 267 g/mol. The van der Waals surface area contributed by atoms with Crippen LogP contribution in [0.3, 0.4) is 0 Å². The second-order valence-corrected chi connectivity index (χ2v) is 6.58. The van der Waals surface area contributed by atoms with Crippen LogP contribution in [-0.2, 0) is 9.59 Å². The summed E-state index contributed by atoms with van der Waals surface area (Å²) in [5.41, 5.74) is -0.917. The first-order valence-electron chi connectivity index (χ1n) is 7.41. The molecule has 0 aromatic heterocycles. The molecule has 1 saturated carbocycles. The van der Waals surface area contributed by atoms with Crippen LogP contribution >= 0.6 is 0 Å². The van der Waals surface area contributed by atoms with Gasteiger partial charge in [-0.2, -0.15) is 0 Å². The minimum Gasteiger partial charge on any atom is -0.481 e. The van der Waals surface area contributed by atoms with E-state index in [4.69, 9.17) is 0 Å². The van der Waals surface area contributed by atoms with Crippen molar-refractivity contribution >= 4 is 11.9 Å². The fourth-order valence-electron chi connectivity index (χ4n) is 3.56. The van der Waals surface area contributed by atoms with E-state index in [0.29, 0.717) is 19.5 Å². The van der Waals surface area contributed by atoms with Gasteiger partial charge in [0.25, 0.3) is 0 Å². The van der Waals surface area contributed by atoms with Crippen LogP contribution in [0.2, 0.25) is 0 Å². The third kappa shape index (κ3) is 2.05. The van der Waals surface area contributed by atoms with Crippen molar-refractivity contribution in [2.45, 2.75) is 52.9 Å². The highest BCUT2D eigenvalue weighted by Crippen LogP contribution is 2.47. The summed E-state index contributed by atoms with van der Waals surface area (Å²) in [6.45, 7) is 6.95. The molecule has 19 heavy (non-hydrogen) atoms. The van der Waals surface area contributed by atoms with Crippen LogP contribution in [0.4, 0.5) is 0 Å². The number of carboxylic acids is 1. The lowest BCUT2D eigenvalue weighted by Gasteiger charge is -2.42. The molecule has 0 bridgehead atoms. The van der Waals surface area contributed by atoms with Crippen LogP contribution in [0.15, 0.2) is 0 Å². The first kappa shape index (κ1) is 14.4. The van der Waals surface area contributed by atoms with E-state index in [2.05, 4.69) is 6.92 Å². The van der Waals surface area contributed by atoms with Gasteiger partial charge >= 0.3 is 5.97 Å². The van der Waals surface area contributed by atoms with Crippen molar-refractivity contribution in [2.75, 3.05) is 13.1 Å². The van der Waals surface area contributed by atoms with E-state index in [0.717, 1.165) is 25.7 Å². The van der Waals surface area contributed by atoms with Crippen molar-refractivity contribution in [2.24, 2.45) is 16.7 Å². The normalized spacial score (nSPS) is 29.4. The summed E-state index contributed by atoms with van der Waals surface area (Å²) in [6.07, 6.45) is 4.54. The van der Waals surface area contributed by atoms with Crippen molar-refractivity contribution in [1.82, 2.24) is 4.90 Å². The second kappa shape index (κ2) is 4.80. The zero-order chi connectivity index (χ0) is 14.3. The molecule has 1 aliphatic carbocycles. The molecular weight excluding hydrogens is 242 g/mol. The summed E-state index contributed by atoms with van der Waals surface area (Å²) in [6, 6.07) is 0. The lowest BCUT2D eigenvalue weighted by molar-refractivity contribution is -0.153. The van der Waals surface area contributed by atoms with Crippen LogP contribution in [0.25, 0.3) is 0 Å². The molecule has 2 aliphatic rings. The van der Waals surface area contributed by atoms with E-state index < -0.39 is 11.4 Å². The minimum absolute atomic E-state index is 0.0572. The van der Waals surface area contributed by atoms with Crippen LogP contribution < -0.4 is 0 Å². The summed E-state index contributed by atoms with van der Waals surface area (Å²) in [7, 11) is 0. The number of carbonyl (C=O) groups excluding carboxylic acids is 1. The lowest BCUT2D eigenvalue weighted by Crippen LogP contribution is -2.48. The maximum Gasteiger partial charge on any atom is 0.311 e.